The van der Waals surface area contributed by atoms with Gasteiger partial charge in [-0.25, -0.2) is 13.4 Å². The van der Waals surface area contributed by atoms with Gasteiger partial charge in [0.15, 0.2) is 9.84 Å². The van der Waals surface area contributed by atoms with E-state index in [0.29, 0.717) is 5.75 Å². The molecule has 3 heterocycles. The van der Waals surface area contributed by atoms with Gasteiger partial charge in [-0.3, -0.25) is 9.69 Å². The Hall–Kier alpha value is -2.29. The molecule has 2 aromatic carbocycles. The Kier molecular flexibility index (Phi) is 5.54. The van der Waals surface area contributed by atoms with Crippen LogP contribution in [0, 0.1) is 5.92 Å². The van der Waals surface area contributed by atoms with Gasteiger partial charge in [-0.15, -0.1) is 11.3 Å². The lowest BCUT2D eigenvalue weighted by Crippen LogP contribution is -2.44. The maximum Gasteiger partial charge on any atom is 0.227 e. The molecule has 0 spiro atoms. The molecule has 1 N–H and O–H groups in total. The highest BCUT2D eigenvalue weighted by molar-refractivity contribution is 7.91. The number of nitrogens with zero attached hydrogens (tertiary/aromatic N) is 2. The maximum absolute atomic E-state index is 12.7. The molecule has 1 atom stereocenters. The van der Waals surface area contributed by atoms with Crippen LogP contribution in [0.1, 0.15) is 19.3 Å². The van der Waals surface area contributed by atoms with E-state index in [1.165, 1.54) is 0 Å². The van der Waals surface area contributed by atoms with Crippen molar-refractivity contribution in [3.05, 3.63) is 48.5 Å². The average molecular weight is 456 g/mol. The molecule has 1 aromatic heterocycles. The van der Waals surface area contributed by atoms with Crippen molar-refractivity contribution in [2.45, 2.75) is 25.3 Å². The number of carbonyl (C=O) groups is 1. The number of rotatable bonds is 4. The summed E-state index contributed by atoms with van der Waals surface area (Å²) in [4.78, 5) is 19.7. The van der Waals surface area contributed by atoms with Crippen LogP contribution in [0.3, 0.4) is 0 Å². The second-order valence-electron chi connectivity index (χ2n) is 8.42. The molecule has 5 rings (SSSR count). The van der Waals surface area contributed by atoms with Crippen LogP contribution in [0.4, 0.5) is 5.69 Å². The topological polar surface area (TPSA) is 79.4 Å². The normalized spacial score (nSPS) is 22.0. The summed E-state index contributed by atoms with van der Waals surface area (Å²) in [6, 6.07) is 16.1. The highest BCUT2D eigenvalue weighted by Gasteiger charge is 2.35. The predicted octanol–water partition coefficient (Wildman–Crippen LogP) is 3.80. The van der Waals surface area contributed by atoms with E-state index in [2.05, 4.69) is 21.3 Å². The van der Waals surface area contributed by atoms with Crippen LogP contribution in [0.2, 0.25) is 0 Å². The number of hydrogen-bond donors (Lipinski definition) is 1. The Balaban J connectivity index is 1.17. The number of piperidine rings is 1. The fourth-order valence-corrected chi connectivity index (χ4v) is 7.26. The Morgan fingerprint density at radius 3 is 2.45 bits per heavy atom. The molecule has 2 aliphatic heterocycles. The number of fused-ring (bicyclic) bond motifs is 1. The lowest BCUT2D eigenvalue weighted by atomic mass is 9.94. The van der Waals surface area contributed by atoms with E-state index in [0.717, 1.165) is 58.8 Å². The summed E-state index contributed by atoms with van der Waals surface area (Å²) in [6.07, 6.45) is 2.26. The largest absolute Gasteiger partial charge is 0.326 e. The molecular formula is C23H25N3O3S2. The van der Waals surface area contributed by atoms with Crippen LogP contribution in [-0.4, -0.2) is 54.8 Å². The number of thiazole rings is 1. The van der Waals surface area contributed by atoms with Crippen molar-refractivity contribution in [3.8, 4) is 10.6 Å². The Morgan fingerprint density at radius 2 is 1.77 bits per heavy atom. The van der Waals surface area contributed by atoms with Gasteiger partial charge in [-0.1, -0.05) is 12.1 Å². The molecule has 8 heteroatoms. The molecule has 31 heavy (non-hydrogen) atoms. The van der Waals surface area contributed by atoms with E-state index >= 15 is 0 Å². The minimum absolute atomic E-state index is 0.0294. The van der Waals surface area contributed by atoms with E-state index in [4.69, 9.17) is 0 Å². The number of benzene rings is 2. The average Bonchev–Trinajstić information content (AvgIpc) is 3.37. The van der Waals surface area contributed by atoms with Crippen molar-refractivity contribution in [1.82, 2.24) is 9.88 Å². The quantitative estimate of drug-likeness (QED) is 0.647. The van der Waals surface area contributed by atoms with Crippen molar-refractivity contribution in [2.75, 3.05) is 29.9 Å². The second kappa shape index (κ2) is 8.33. The van der Waals surface area contributed by atoms with Crippen molar-refractivity contribution >= 4 is 43.0 Å². The summed E-state index contributed by atoms with van der Waals surface area (Å²) in [5.41, 5.74) is 2.83. The first-order chi connectivity index (χ1) is 15.0. The van der Waals surface area contributed by atoms with E-state index in [9.17, 15) is 13.2 Å². The van der Waals surface area contributed by atoms with Crippen LogP contribution in [0.25, 0.3) is 20.8 Å². The summed E-state index contributed by atoms with van der Waals surface area (Å²) in [5, 5.41) is 4.02. The van der Waals surface area contributed by atoms with E-state index in [1.807, 2.05) is 42.5 Å². The fourth-order valence-electron chi connectivity index (χ4n) is 4.53. The Bertz CT molecular complexity index is 1160. The van der Waals surface area contributed by atoms with Crippen LogP contribution < -0.4 is 5.32 Å². The molecule has 1 unspecified atom stereocenters. The first kappa shape index (κ1) is 20.6. The van der Waals surface area contributed by atoms with Gasteiger partial charge >= 0.3 is 0 Å². The van der Waals surface area contributed by atoms with E-state index < -0.39 is 9.84 Å². The molecule has 162 valence electrons. The smallest absolute Gasteiger partial charge is 0.227 e. The van der Waals surface area contributed by atoms with Gasteiger partial charge in [-0.05, 0) is 68.8 Å². The van der Waals surface area contributed by atoms with Crippen LogP contribution in [0.15, 0.2) is 48.5 Å². The molecule has 0 aliphatic carbocycles. The number of amides is 1. The van der Waals surface area contributed by atoms with Crippen molar-refractivity contribution in [2.24, 2.45) is 5.92 Å². The van der Waals surface area contributed by atoms with Crippen LogP contribution in [0.5, 0.6) is 0 Å². The highest BCUT2D eigenvalue weighted by Crippen LogP contribution is 2.31. The molecule has 0 saturated carbocycles. The molecule has 3 aromatic rings. The standard InChI is InChI=1S/C23H25N3O3S2/c27-22(16-9-12-26(13-10-16)19-11-14-31(28,29)15-19)24-18-7-5-17(6-8-18)23-25-20-3-1-2-4-21(20)30-23/h1-8,16,19H,9-15H2,(H,24,27). The first-order valence-corrected chi connectivity index (χ1v) is 13.3. The van der Waals surface area contributed by atoms with Gasteiger partial charge in [0, 0.05) is 23.2 Å². The lowest BCUT2D eigenvalue weighted by molar-refractivity contribution is -0.121. The zero-order valence-electron chi connectivity index (χ0n) is 17.2. The summed E-state index contributed by atoms with van der Waals surface area (Å²) < 4.78 is 24.6. The maximum atomic E-state index is 12.7. The highest BCUT2D eigenvalue weighted by atomic mass is 32.2. The van der Waals surface area contributed by atoms with Gasteiger partial charge in [0.05, 0.1) is 21.7 Å². The van der Waals surface area contributed by atoms with Crippen molar-refractivity contribution in [1.29, 1.82) is 0 Å². The number of anilines is 1. The van der Waals surface area contributed by atoms with Crippen molar-refractivity contribution in [3.63, 3.8) is 0 Å². The first-order valence-electron chi connectivity index (χ1n) is 10.7. The third-order valence-corrected chi connectivity index (χ3v) is 9.15. The third kappa shape index (κ3) is 4.51. The number of aromatic nitrogens is 1. The van der Waals surface area contributed by atoms with Gasteiger partial charge in [0.2, 0.25) is 5.91 Å². The second-order valence-corrected chi connectivity index (χ2v) is 11.7. The van der Waals surface area contributed by atoms with Gasteiger partial charge in [0.1, 0.15) is 5.01 Å². The summed E-state index contributed by atoms with van der Waals surface area (Å²) in [7, 11) is -2.87. The van der Waals surface area contributed by atoms with Gasteiger partial charge < -0.3 is 5.32 Å². The molecule has 6 nitrogen and oxygen atoms in total. The zero-order chi connectivity index (χ0) is 21.4. The number of carbonyl (C=O) groups excluding carboxylic acids is 1. The van der Waals surface area contributed by atoms with E-state index in [-0.39, 0.29) is 23.6 Å². The Morgan fingerprint density at radius 1 is 1.03 bits per heavy atom. The molecule has 0 bridgehead atoms. The number of sulfone groups is 1. The molecule has 0 radical (unpaired) electrons. The molecular weight excluding hydrogens is 430 g/mol. The predicted molar refractivity (Wildman–Crippen MR) is 125 cm³/mol. The summed E-state index contributed by atoms with van der Waals surface area (Å²) in [5.74, 6) is 0.584. The molecule has 2 saturated heterocycles. The lowest BCUT2D eigenvalue weighted by Gasteiger charge is -2.34. The summed E-state index contributed by atoms with van der Waals surface area (Å²) in [6.45, 7) is 1.57. The number of nitrogens with one attached hydrogen (secondary N) is 1. The van der Waals surface area contributed by atoms with Gasteiger partial charge in [0.25, 0.3) is 0 Å². The minimum Gasteiger partial charge on any atom is -0.326 e. The summed E-state index contributed by atoms with van der Waals surface area (Å²) >= 11 is 1.66. The number of hydrogen-bond acceptors (Lipinski definition) is 6. The fraction of sp³-hybridized carbons (Fsp3) is 0.391. The third-order valence-electron chi connectivity index (χ3n) is 6.32. The monoisotopic (exact) mass is 455 g/mol. The van der Waals surface area contributed by atoms with Crippen LogP contribution in [-0.2, 0) is 14.6 Å². The van der Waals surface area contributed by atoms with Gasteiger partial charge in [-0.2, -0.15) is 0 Å². The number of para-hydroxylation sites is 1. The molecule has 2 fully saturated rings. The van der Waals surface area contributed by atoms with E-state index in [1.54, 1.807) is 11.3 Å². The number of likely N-dealkylation sites (tertiary alicyclic amines) is 1. The van der Waals surface area contributed by atoms with Crippen molar-refractivity contribution < 1.29 is 13.2 Å². The molecule has 1 amide bonds. The SMILES string of the molecule is O=C(Nc1ccc(-c2nc3ccccc3s2)cc1)C1CCN(C2CCS(=O)(=O)C2)CC1. The zero-order valence-corrected chi connectivity index (χ0v) is 18.8. The molecule has 2 aliphatic rings. The Labute approximate surface area is 186 Å². The van der Waals surface area contributed by atoms with Crippen LogP contribution >= 0.6 is 11.3 Å². The minimum atomic E-state index is -2.87.